The summed E-state index contributed by atoms with van der Waals surface area (Å²) in [6.07, 6.45) is 5.66. The Morgan fingerprint density at radius 1 is 1.05 bits per heavy atom. The third kappa shape index (κ3) is 2.79. The SMILES string of the molecule is CC1CCC(O)(c2ccc(OC3CC3)cc2)CC1C. The molecular formula is C17H24O2. The second-order valence-electron chi connectivity index (χ2n) is 6.57. The van der Waals surface area contributed by atoms with Crippen LogP contribution in [0.15, 0.2) is 24.3 Å². The van der Waals surface area contributed by atoms with Gasteiger partial charge in [-0.15, -0.1) is 0 Å². The second kappa shape index (κ2) is 4.82. The van der Waals surface area contributed by atoms with Crippen molar-refractivity contribution in [3.63, 3.8) is 0 Å². The van der Waals surface area contributed by atoms with E-state index in [1.807, 2.05) is 24.3 Å². The molecule has 2 aliphatic carbocycles. The zero-order valence-corrected chi connectivity index (χ0v) is 11.9. The van der Waals surface area contributed by atoms with Gasteiger partial charge in [-0.1, -0.05) is 26.0 Å². The van der Waals surface area contributed by atoms with Crippen molar-refractivity contribution in [3.05, 3.63) is 29.8 Å². The van der Waals surface area contributed by atoms with E-state index in [4.69, 9.17) is 4.74 Å². The Morgan fingerprint density at radius 2 is 1.74 bits per heavy atom. The van der Waals surface area contributed by atoms with E-state index in [1.54, 1.807) is 0 Å². The molecule has 0 amide bonds. The molecule has 0 saturated heterocycles. The summed E-state index contributed by atoms with van der Waals surface area (Å²) in [7, 11) is 0. The van der Waals surface area contributed by atoms with Gasteiger partial charge in [-0.3, -0.25) is 0 Å². The van der Waals surface area contributed by atoms with Crippen LogP contribution in [0.3, 0.4) is 0 Å². The van der Waals surface area contributed by atoms with Crippen molar-refractivity contribution in [3.8, 4) is 5.75 Å². The van der Waals surface area contributed by atoms with Crippen LogP contribution in [0.2, 0.25) is 0 Å². The molecule has 3 rings (SSSR count). The molecule has 2 fully saturated rings. The molecule has 104 valence electrons. The van der Waals surface area contributed by atoms with Crippen LogP contribution in [0.25, 0.3) is 0 Å². The summed E-state index contributed by atoms with van der Waals surface area (Å²) >= 11 is 0. The minimum Gasteiger partial charge on any atom is -0.490 e. The summed E-state index contributed by atoms with van der Waals surface area (Å²) in [5, 5.41) is 10.9. The van der Waals surface area contributed by atoms with Gasteiger partial charge in [-0.2, -0.15) is 0 Å². The van der Waals surface area contributed by atoms with Crippen molar-refractivity contribution in [1.29, 1.82) is 0 Å². The van der Waals surface area contributed by atoms with Crippen LogP contribution in [-0.4, -0.2) is 11.2 Å². The van der Waals surface area contributed by atoms with Gasteiger partial charge in [0, 0.05) is 0 Å². The Balaban J connectivity index is 1.73. The molecule has 2 saturated carbocycles. The van der Waals surface area contributed by atoms with Crippen LogP contribution in [0.5, 0.6) is 5.75 Å². The van der Waals surface area contributed by atoms with E-state index < -0.39 is 5.60 Å². The van der Waals surface area contributed by atoms with Crippen LogP contribution < -0.4 is 4.74 Å². The van der Waals surface area contributed by atoms with E-state index in [0.717, 1.165) is 36.5 Å². The quantitative estimate of drug-likeness (QED) is 0.894. The Hall–Kier alpha value is -1.02. The maximum atomic E-state index is 10.9. The highest BCUT2D eigenvalue weighted by Gasteiger charge is 2.37. The smallest absolute Gasteiger partial charge is 0.119 e. The van der Waals surface area contributed by atoms with Gasteiger partial charge in [0.2, 0.25) is 0 Å². The van der Waals surface area contributed by atoms with Gasteiger partial charge in [0.05, 0.1) is 11.7 Å². The van der Waals surface area contributed by atoms with Crippen molar-refractivity contribution >= 4 is 0 Å². The summed E-state index contributed by atoms with van der Waals surface area (Å²) in [6.45, 7) is 4.54. The molecule has 1 aromatic rings. The van der Waals surface area contributed by atoms with Gasteiger partial charge in [0.1, 0.15) is 5.75 Å². The molecule has 0 spiro atoms. The average Bonchev–Trinajstić information content (AvgIpc) is 3.19. The Bertz CT molecular complexity index is 435. The lowest BCUT2D eigenvalue weighted by atomic mass is 9.70. The van der Waals surface area contributed by atoms with Crippen molar-refractivity contribution in [2.75, 3.05) is 0 Å². The number of aliphatic hydroxyl groups is 1. The van der Waals surface area contributed by atoms with E-state index in [0.29, 0.717) is 12.0 Å². The van der Waals surface area contributed by atoms with Crippen molar-refractivity contribution < 1.29 is 9.84 Å². The Kier molecular flexibility index (Phi) is 3.30. The molecule has 2 aliphatic rings. The normalized spacial score (nSPS) is 35.1. The Morgan fingerprint density at radius 3 is 2.32 bits per heavy atom. The van der Waals surface area contributed by atoms with Gasteiger partial charge in [0.25, 0.3) is 0 Å². The molecular weight excluding hydrogens is 236 g/mol. The number of hydrogen-bond acceptors (Lipinski definition) is 2. The average molecular weight is 260 g/mol. The first-order chi connectivity index (χ1) is 9.07. The lowest BCUT2D eigenvalue weighted by Crippen LogP contribution is -2.35. The lowest BCUT2D eigenvalue weighted by molar-refractivity contribution is -0.0336. The van der Waals surface area contributed by atoms with Crippen molar-refractivity contribution in [1.82, 2.24) is 0 Å². The van der Waals surface area contributed by atoms with Crippen LogP contribution >= 0.6 is 0 Å². The molecule has 0 aromatic heterocycles. The summed E-state index contributed by atoms with van der Waals surface area (Å²) in [4.78, 5) is 0. The fourth-order valence-corrected chi connectivity index (χ4v) is 3.07. The van der Waals surface area contributed by atoms with Gasteiger partial charge < -0.3 is 9.84 Å². The molecule has 1 N–H and O–H groups in total. The van der Waals surface area contributed by atoms with Gasteiger partial charge >= 0.3 is 0 Å². The zero-order valence-electron chi connectivity index (χ0n) is 11.9. The summed E-state index contributed by atoms with van der Waals surface area (Å²) in [5.41, 5.74) is 0.415. The van der Waals surface area contributed by atoms with Crippen LogP contribution in [0.4, 0.5) is 0 Å². The topological polar surface area (TPSA) is 29.5 Å². The predicted molar refractivity (Wildman–Crippen MR) is 76.2 cm³/mol. The fourth-order valence-electron chi connectivity index (χ4n) is 3.07. The van der Waals surface area contributed by atoms with E-state index in [2.05, 4.69) is 13.8 Å². The number of benzene rings is 1. The molecule has 0 aliphatic heterocycles. The predicted octanol–water partition coefficient (Wildman–Crippen LogP) is 3.87. The van der Waals surface area contributed by atoms with Gasteiger partial charge in [-0.25, -0.2) is 0 Å². The number of ether oxygens (including phenoxy) is 1. The molecule has 19 heavy (non-hydrogen) atoms. The maximum Gasteiger partial charge on any atom is 0.119 e. The summed E-state index contributed by atoms with van der Waals surface area (Å²) in [5.74, 6) is 2.24. The monoisotopic (exact) mass is 260 g/mol. The third-order valence-corrected chi connectivity index (χ3v) is 4.86. The van der Waals surface area contributed by atoms with Crippen molar-refractivity contribution in [2.24, 2.45) is 11.8 Å². The highest BCUT2D eigenvalue weighted by molar-refractivity contribution is 5.31. The molecule has 2 nitrogen and oxygen atoms in total. The lowest BCUT2D eigenvalue weighted by Gasteiger charge is -2.39. The van der Waals surface area contributed by atoms with E-state index >= 15 is 0 Å². The molecule has 0 bridgehead atoms. The third-order valence-electron chi connectivity index (χ3n) is 4.86. The fraction of sp³-hybridized carbons (Fsp3) is 0.647. The van der Waals surface area contributed by atoms with E-state index in [9.17, 15) is 5.11 Å². The minimum atomic E-state index is -0.635. The molecule has 3 atom stereocenters. The van der Waals surface area contributed by atoms with Gasteiger partial charge in [-0.05, 0) is 61.6 Å². The van der Waals surface area contributed by atoms with E-state index in [-0.39, 0.29) is 0 Å². The number of hydrogen-bond donors (Lipinski definition) is 1. The molecule has 3 unspecified atom stereocenters. The molecule has 0 radical (unpaired) electrons. The van der Waals surface area contributed by atoms with E-state index in [1.165, 1.54) is 12.8 Å². The maximum absolute atomic E-state index is 10.9. The second-order valence-corrected chi connectivity index (χ2v) is 6.57. The molecule has 2 heteroatoms. The highest BCUT2D eigenvalue weighted by atomic mass is 16.5. The van der Waals surface area contributed by atoms with Crippen LogP contribution in [0.1, 0.15) is 51.5 Å². The van der Waals surface area contributed by atoms with Crippen LogP contribution in [-0.2, 0) is 5.60 Å². The van der Waals surface area contributed by atoms with Crippen LogP contribution in [0, 0.1) is 11.8 Å². The number of rotatable bonds is 3. The Labute approximate surface area is 115 Å². The summed E-state index contributed by atoms with van der Waals surface area (Å²) in [6, 6.07) is 8.10. The van der Waals surface area contributed by atoms with Crippen molar-refractivity contribution in [2.45, 2.75) is 57.7 Å². The zero-order chi connectivity index (χ0) is 13.5. The molecule has 0 heterocycles. The largest absolute Gasteiger partial charge is 0.490 e. The minimum absolute atomic E-state index is 0.435. The first kappa shape index (κ1) is 13.0. The standard InChI is InChI=1S/C17H24O2/c1-12-9-10-17(18,11-13(12)2)14-3-5-15(6-4-14)19-16-7-8-16/h3-6,12-13,16,18H,7-11H2,1-2H3. The highest BCUT2D eigenvalue weighted by Crippen LogP contribution is 2.42. The van der Waals surface area contributed by atoms with Gasteiger partial charge in [0.15, 0.2) is 0 Å². The summed E-state index contributed by atoms with van der Waals surface area (Å²) < 4.78 is 5.76. The molecule has 1 aromatic carbocycles. The first-order valence-corrected chi connectivity index (χ1v) is 7.56. The first-order valence-electron chi connectivity index (χ1n) is 7.56.